The molecule has 1 aromatic heterocycles. The molecule has 17 heavy (non-hydrogen) atoms. The number of carbonyl (C=O) groups excluding carboxylic acids is 1. The molecule has 0 fully saturated rings. The number of thiol groups is 1. The number of aromatic nitrogens is 2. The van der Waals surface area contributed by atoms with E-state index in [0.29, 0.717) is 11.4 Å². The second kappa shape index (κ2) is 5.42. The second-order valence-corrected chi connectivity index (χ2v) is 4.81. The van der Waals surface area contributed by atoms with Crippen molar-refractivity contribution < 1.29 is 4.79 Å². The summed E-state index contributed by atoms with van der Waals surface area (Å²) < 4.78 is 0.931. The van der Waals surface area contributed by atoms with Gasteiger partial charge in [-0.2, -0.15) is 12.6 Å². The average molecular weight is 309 g/mol. The fraction of sp³-hybridized carbons (Fsp3) is 0.0833. The largest absolute Gasteiger partial charge is 0.292 e. The number of ketones is 1. The summed E-state index contributed by atoms with van der Waals surface area (Å²) in [4.78, 5) is 20.1. The molecule has 0 radical (unpaired) electrons. The first-order valence-corrected chi connectivity index (χ1v) is 6.24. The van der Waals surface area contributed by atoms with Crippen LogP contribution in [0.3, 0.4) is 0 Å². The minimum atomic E-state index is -0.627. The Morgan fingerprint density at radius 1 is 1.18 bits per heavy atom. The molecule has 1 atom stereocenters. The third-order valence-corrected chi connectivity index (χ3v) is 3.20. The standard InChI is InChI=1S/C12H9BrN2OS/c13-9-4-2-8(3-5-9)10(16)11(17)12-14-6-1-7-15-12/h1-7,11,17H. The number of Topliss-reactive ketones (excluding diaryl/α,β-unsaturated/α-hetero) is 1. The number of carbonyl (C=O) groups is 1. The van der Waals surface area contributed by atoms with E-state index in [1.165, 1.54) is 0 Å². The van der Waals surface area contributed by atoms with Gasteiger partial charge in [-0.15, -0.1) is 0 Å². The third-order valence-electron chi connectivity index (χ3n) is 2.21. The molecule has 0 aliphatic carbocycles. The lowest BCUT2D eigenvalue weighted by Gasteiger charge is -2.07. The van der Waals surface area contributed by atoms with Gasteiger partial charge in [0.2, 0.25) is 0 Å². The molecule has 3 nitrogen and oxygen atoms in total. The molecule has 0 saturated carbocycles. The molecule has 1 aromatic carbocycles. The molecule has 2 rings (SSSR count). The minimum absolute atomic E-state index is 0.105. The normalized spacial score (nSPS) is 12.1. The Labute approximate surface area is 113 Å². The maximum absolute atomic E-state index is 12.1. The van der Waals surface area contributed by atoms with Crippen LogP contribution in [-0.4, -0.2) is 15.8 Å². The SMILES string of the molecule is O=C(c1ccc(Br)cc1)C(S)c1ncccn1. The van der Waals surface area contributed by atoms with Crippen molar-refractivity contribution in [2.24, 2.45) is 0 Å². The van der Waals surface area contributed by atoms with Crippen LogP contribution in [0.5, 0.6) is 0 Å². The smallest absolute Gasteiger partial charge is 0.183 e. The van der Waals surface area contributed by atoms with Crippen molar-refractivity contribution in [3.63, 3.8) is 0 Å². The number of rotatable bonds is 3. The fourth-order valence-corrected chi connectivity index (χ4v) is 1.89. The Hall–Kier alpha value is -1.20. The van der Waals surface area contributed by atoms with Gasteiger partial charge in [-0.05, 0) is 18.2 Å². The summed E-state index contributed by atoms with van der Waals surface area (Å²) in [5, 5.41) is -0.627. The Bertz CT molecular complexity index is 516. The van der Waals surface area contributed by atoms with Crippen LogP contribution in [0.25, 0.3) is 0 Å². The molecule has 0 spiro atoms. The number of benzene rings is 1. The van der Waals surface area contributed by atoms with E-state index in [-0.39, 0.29) is 5.78 Å². The van der Waals surface area contributed by atoms with Crippen LogP contribution in [0, 0.1) is 0 Å². The van der Waals surface area contributed by atoms with E-state index in [4.69, 9.17) is 0 Å². The Kier molecular flexibility index (Phi) is 3.91. The topological polar surface area (TPSA) is 42.9 Å². The highest BCUT2D eigenvalue weighted by atomic mass is 79.9. The zero-order chi connectivity index (χ0) is 12.3. The fourth-order valence-electron chi connectivity index (χ4n) is 1.34. The quantitative estimate of drug-likeness (QED) is 0.700. The number of nitrogens with zero attached hydrogens (tertiary/aromatic N) is 2. The molecular weight excluding hydrogens is 300 g/mol. The zero-order valence-electron chi connectivity index (χ0n) is 8.75. The summed E-state index contributed by atoms with van der Waals surface area (Å²) in [5.74, 6) is 0.316. The molecule has 0 bridgehead atoms. The molecule has 5 heteroatoms. The first kappa shape index (κ1) is 12.3. The molecule has 86 valence electrons. The first-order chi connectivity index (χ1) is 8.18. The van der Waals surface area contributed by atoms with Gasteiger partial charge in [0.25, 0.3) is 0 Å². The first-order valence-electron chi connectivity index (χ1n) is 4.93. The second-order valence-electron chi connectivity index (χ2n) is 3.38. The van der Waals surface area contributed by atoms with Crippen molar-refractivity contribution >= 4 is 34.3 Å². The molecule has 1 heterocycles. The molecule has 0 aliphatic rings. The van der Waals surface area contributed by atoms with Crippen LogP contribution in [0.15, 0.2) is 47.2 Å². The predicted molar refractivity (Wildman–Crippen MR) is 72.2 cm³/mol. The van der Waals surface area contributed by atoms with Gasteiger partial charge in [0.15, 0.2) is 5.78 Å². The van der Waals surface area contributed by atoms with Crippen LogP contribution in [-0.2, 0) is 0 Å². The van der Waals surface area contributed by atoms with Gasteiger partial charge < -0.3 is 0 Å². The van der Waals surface area contributed by atoms with Gasteiger partial charge in [-0.3, -0.25) is 4.79 Å². The Balaban J connectivity index is 2.23. The van der Waals surface area contributed by atoms with E-state index in [9.17, 15) is 4.79 Å². The summed E-state index contributed by atoms with van der Waals surface area (Å²) in [7, 11) is 0. The van der Waals surface area contributed by atoms with Gasteiger partial charge in [-0.25, -0.2) is 9.97 Å². The van der Waals surface area contributed by atoms with Gasteiger partial charge >= 0.3 is 0 Å². The van der Waals surface area contributed by atoms with Crippen molar-refractivity contribution in [1.82, 2.24) is 9.97 Å². The highest BCUT2D eigenvalue weighted by Gasteiger charge is 2.20. The van der Waals surface area contributed by atoms with Gasteiger partial charge in [0.05, 0.1) is 0 Å². The Morgan fingerprint density at radius 2 is 1.76 bits per heavy atom. The van der Waals surface area contributed by atoms with Crippen LogP contribution in [0.4, 0.5) is 0 Å². The summed E-state index contributed by atoms with van der Waals surface area (Å²) in [6.45, 7) is 0. The van der Waals surface area contributed by atoms with Gasteiger partial charge in [0, 0.05) is 22.4 Å². The van der Waals surface area contributed by atoms with Crippen molar-refractivity contribution in [2.45, 2.75) is 5.25 Å². The maximum Gasteiger partial charge on any atom is 0.183 e. The summed E-state index contributed by atoms with van der Waals surface area (Å²) >= 11 is 7.59. The van der Waals surface area contributed by atoms with E-state index in [1.54, 1.807) is 30.6 Å². The molecule has 0 aliphatic heterocycles. The zero-order valence-corrected chi connectivity index (χ0v) is 11.2. The lowest BCUT2D eigenvalue weighted by molar-refractivity contribution is 0.0988. The molecule has 0 saturated heterocycles. The van der Waals surface area contributed by atoms with E-state index in [2.05, 4.69) is 38.5 Å². The monoisotopic (exact) mass is 308 g/mol. The van der Waals surface area contributed by atoms with Gasteiger partial charge in [-0.1, -0.05) is 28.1 Å². The average Bonchev–Trinajstić information content (AvgIpc) is 2.39. The highest BCUT2D eigenvalue weighted by Crippen LogP contribution is 2.22. The van der Waals surface area contributed by atoms with Crippen LogP contribution < -0.4 is 0 Å². The van der Waals surface area contributed by atoms with Gasteiger partial charge in [0.1, 0.15) is 11.1 Å². The lowest BCUT2D eigenvalue weighted by atomic mass is 10.1. The van der Waals surface area contributed by atoms with Crippen LogP contribution >= 0.6 is 28.6 Å². The summed E-state index contributed by atoms with van der Waals surface area (Å²) in [5.41, 5.74) is 0.598. The molecular formula is C12H9BrN2OS. The predicted octanol–water partition coefficient (Wildman–Crippen LogP) is 3.09. The Morgan fingerprint density at radius 3 is 2.35 bits per heavy atom. The van der Waals surface area contributed by atoms with E-state index < -0.39 is 5.25 Å². The van der Waals surface area contributed by atoms with Crippen molar-refractivity contribution in [3.05, 3.63) is 58.6 Å². The minimum Gasteiger partial charge on any atom is -0.292 e. The molecule has 0 N–H and O–H groups in total. The number of halogens is 1. The third kappa shape index (κ3) is 2.92. The highest BCUT2D eigenvalue weighted by molar-refractivity contribution is 9.10. The maximum atomic E-state index is 12.1. The van der Waals surface area contributed by atoms with Crippen molar-refractivity contribution in [2.75, 3.05) is 0 Å². The summed E-state index contributed by atoms with van der Waals surface area (Å²) in [6, 6.07) is 8.84. The lowest BCUT2D eigenvalue weighted by Crippen LogP contribution is -2.10. The van der Waals surface area contributed by atoms with Crippen LogP contribution in [0.1, 0.15) is 21.4 Å². The summed E-state index contributed by atoms with van der Waals surface area (Å²) in [6.07, 6.45) is 3.20. The molecule has 1 unspecified atom stereocenters. The van der Waals surface area contributed by atoms with Crippen molar-refractivity contribution in [3.8, 4) is 0 Å². The van der Waals surface area contributed by atoms with E-state index in [1.807, 2.05) is 12.1 Å². The number of hydrogen-bond donors (Lipinski definition) is 1. The van der Waals surface area contributed by atoms with Crippen LogP contribution in [0.2, 0.25) is 0 Å². The van der Waals surface area contributed by atoms with Crippen molar-refractivity contribution in [1.29, 1.82) is 0 Å². The van der Waals surface area contributed by atoms with E-state index in [0.717, 1.165) is 4.47 Å². The molecule has 2 aromatic rings. The van der Waals surface area contributed by atoms with E-state index >= 15 is 0 Å². The molecule has 0 amide bonds. The number of hydrogen-bond acceptors (Lipinski definition) is 4.